The first-order valence-electron chi connectivity index (χ1n) is 9.27. The van der Waals surface area contributed by atoms with Crippen LogP contribution in [0.2, 0.25) is 0 Å². The number of likely N-dealkylation sites (tertiary alicyclic amines) is 1. The number of carbonyl (C=O) groups is 1. The van der Waals surface area contributed by atoms with E-state index in [1.54, 1.807) is 0 Å². The van der Waals surface area contributed by atoms with Gasteiger partial charge in [0.25, 0.3) is 0 Å². The number of nitrogens with one attached hydrogen (secondary N) is 1. The molecule has 2 N–H and O–H groups in total. The summed E-state index contributed by atoms with van der Waals surface area (Å²) in [6, 6.07) is 9.61. The van der Waals surface area contributed by atoms with Gasteiger partial charge in [-0.25, -0.2) is 0 Å². The highest BCUT2D eigenvalue weighted by atomic mass is 16.5. The van der Waals surface area contributed by atoms with Gasteiger partial charge in [-0.1, -0.05) is 18.2 Å². The van der Waals surface area contributed by atoms with Crippen molar-refractivity contribution in [3.05, 3.63) is 30.3 Å². The fourth-order valence-electron chi connectivity index (χ4n) is 3.58. The number of hydrogen-bond donors (Lipinski definition) is 2. The van der Waals surface area contributed by atoms with Crippen molar-refractivity contribution in [1.29, 1.82) is 0 Å². The summed E-state index contributed by atoms with van der Waals surface area (Å²) in [7, 11) is 0. The van der Waals surface area contributed by atoms with E-state index < -0.39 is 0 Å². The van der Waals surface area contributed by atoms with E-state index in [4.69, 9.17) is 4.74 Å². The molecule has 1 amide bonds. The number of hydrogen-bond acceptors (Lipinski definition) is 5. The van der Waals surface area contributed by atoms with Crippen LogP contribution in [-0.4, -0.2) is 79.4 Å². The number of carbonyl (C=O) groups excluding carboxylic acids is 1. The fraction of sp³-hybridized carbons (Fsp3) is 0.632. The first kappa shape index (κ1) is 18.3. The van der Waals surface area contributed by atoms with E-state index in [1.807, 2.05) is 30.3 Å². The molecule has 2 heterocycles. The molecule has 0 unspecified atom stereocenters. The molecule has 6 nitrogen and oxygen atoms in total. The Bertz CT molecular complexity index is 526. The number of aliphatic hydroxyl groups excluding tert-OH is 1. The van der Waals surface area contributed by atoms with Gasteiger partial charge in [0.15, 0.2) is 0 Å². The van der Waals surface area contributed by atoms with E-state index in [0.717, 1.165) is 57.9 Å². The van der Waals surface area contributed by atoms with Crippen molar-refractivity contribution in [3.63, 3.8) is 0 Å². The molecule has 0 aromatic heterocycles. The molecular weight excluding hydrogens is 318 g/mol. The normalized spacial score (nSPS) is 21.8. The SMILES string of the molecule is O=C(Nc1ccccc1)C1CCN(C[C@H](O)CN2CCOCC2)CC1. The van der Waals surface area contributed by atoms with E-state index in [-0.39, 0.29) is 17.9 Å². The first-order chi connectivity index (χ1) is 12.2. The van der Waals surface area contributed by atoms with Gasteiger partial charge in [-0.2, -0.15) is 0 Å². The summed E-state index contributed by atoms with van der Waals surface area (Å²) in [5, 5.41) is 13.3. The molecule has 1 aromatic rings. The Labute approximate surface area is 149 Å². The lowest BCUT2D eigenvalue weighted by Crippen LogP contribution is -2.46. The molecule has 0 aliphatic carbocycles. The second-order valence-electron chi connectivity index (χ2n) is 7.00. The fourth-order valence-corrected chi connectivity index (χ4v) is 3.58. The lowest BCUT2D eigenvalue weighted by molar-refractivity contribution is -0.121. The Balaban J connectivity index is 1.37. The van der Waals surface area contributed by atoms with Crippen LogP contribution in [0.3, 0.4) is 0 Å². The third-order valence-corrected chi connectivity index (χ3v) is 5.04. The topological polar surface area (TPSA) is 65.0 Å². The second-order valence-corrected chi connectivity index (χ2v) is 7.00. The van der Waals surface area contributed by atoms with Crippen LogP contribution in [0.1, 0.15) is 12.8 Å². The van der Waals surface area contributed by atoms with Crippen LogP contribution in [0.4, 0.5) is 5.69 Å². The standard InChI is InChI=1S/C19H29N3O3/c23-18(15-22-10-12-25-13-11-22)14-21-8-6-16(7-9-21)19(24)20-17-4-2-1-3-5-17/h1-5,16,18,23H,6-15H2,(H,20,24)/t18-/m0/s1. The number of rotatable bonds is 6. The molecule has 3 rings (SSSR count). The highest BCUT2D eigenvalue weighted by Gasteiger charge is 2.26. The predicted molar refractivity (Wildman–Crippen MR) is 97.5 cm³/mol. The third kappa shape index (κ3) is 5.78. The van der Waals surface area contributed by atoms with Crippen LogP contribution in [0.15, 0.2) is 30.3 Å². The zero-order valence-corrected chi connectivity index (χ0v) is 14.8. The van der Waals surface area contributed by atoms with Gasteiger partial charge >= 0.3 is 0 Å². The van der Waals surface area contributed by atoms with Crippen LogP contribution < -0.4 is 5.32 Å². The van der Waals surface area contributed by atoms with Crippen LogP contribution in [0, 0.1) is 5.92 Å². The van der Waals surface area contributed by atoms with Crippen molar-refractivity contribution in [1.82, 2.24) is 9.80 Å². The zero-order chi connectivity index (χ0) is 17.5. The molecule has 138 valence electrons. The second kappa shape index (κ2) is 9.29. The van der Waals surface area contributed by atoms with Crippen LogP contribution in [0.5, 0.6) is 0 Å². The average molecular weight is 347 g/mol. The van der Waals surface area contributed by atoms with Crippen molar-refractivity contribution >= 4 is 11.6 Å². The largest absolute Gasteiger partial charge is 0.390 e. The molecule has 1 aromatic carbocycles. The number of anilines is 1. The Morgan fingerprint density at radius 1 is 1.08 bits per heavy atom. The molecule has 0 bridgehead atoms. The van der Waals surface area contributed by atoms with E-state index in [9.17, 15) is 9.90 Å². The lowest BCUT2D eigenvalue weighted by Gasteiger charge is -2.34. The zero-order valence-electron chi connectivity index (χ0n) is 14.8. The van der Waals surface area contributed by atoms with Gasteiger partial charge in [-0.3, -0.25) is 9.69 Å². The molecule has 2 saturated heterocycles. The van der Waals surface area contributed by atoms with Crippen LogP contribution in [0.25, 0.3) is 0 Å². The number of piperidine rings is 1. The van der Waals surface area contributed by atoms with Crippen molar-refractivity contribution in [2.45, 2.75) is 18.9 Å². The van der Waals surface area contributed by atoms with E-state index in [1.165, 1.54) is 0 Å². The summed E-state index contributed by atoms with van der Waals surface area (Å²) >= 11 is 0. The summed E-state index contributed by atoms with van der Waals surface area (Å²) in [5.41, 5.74) is 0.857. The summed E-state index contributed by atoms with van der Waals surface area (Å²) in [5.74, 6) is 0.174. The van der Waals surface area contributed by atoms with Gasteiger partial charge in [0.2, 0.25) is 5.91 Å². The minimum atomic E-state index is -0.340. The van der Waals surface area contributed by atoms with Gasteiger partial charge in [0.1, 0.15) is 0 Å². The van der Waals surface area contributed by atoms with Crippen LogP contribution in [-0.2, 0) is 9.53 Å². The molecule has 0 radical (unpaired) electrons. The van der Waals surface area contributed by atoms with Gasteiger partial charge in [0, 0.05) is 37.8 Å². The number of ether oxygens (including phenoxy) is 1. The monoisotopic (exact) mass is 347 g/mol. The quantitative estimate of drug-likeness (QED) is 0.805. The van der Waals surface area contributed by atoms with Crippen molar-refractivity contribution in [3.8, 4) is 0 Å². The van der Waals surface area contributed by atoms with Crippen molar-refractivity contribution in [2.24, 2.45) is 5.92 Å². The minimum absolute atomic E-state index is 0.0628. The number of nitrogens with zero attached hydrogens (tertiary/aromatic N) is 2. The maximum absolute atomic E-state index is 12.4. The molecule has 0 spiro atoms. The van der Waals surface area contributed by atoms with Gasteiger partial charge < -0.3 is 20.1 Å². The minimum Gasteiger partial charge on any atom is -0.390 e. The maximum Gasteiger partial charge on any atom is 0.227 e. The summed E-state index contributed by atoms with van der Waals surface area (Å²) < 4.78 is 5.34. The molecule has 1 atom stereocenters. The maximum atomic E-state index is 12.4. The number of amides is 1. The molecule has 6 heteroatoms. The Morgan fingerprint density at radius 2 is 1.68 bits per heavy atom. The predicted octanol–water partition coefficient (Wildman–Crippen LogP) is 1.03. The molecular formula is C19H29N3O3. The average Bonchev–Trinajstić information content (AvgIpc) is 2.64. The van der Waals surface area contributed by atoms with Gasteiger partial charge in [-0.05, 0) is 38.1 Å². The number of para-hydroxylation sites is 1. The number of β-amino-alcohol motifs (C(OH)–C–C–N with tert-alkyl or cyclic N) is 1. The van der Waals surface area contributed by atoms with Crippen LogP contribution >= 0.6 is 0 Å². The summed E-state index contributed by atoms with van der Waals surface area (Å²) in [6.45, 7) is 6.45. The number of benzene rings is 1. The van der Waals surface area contributed by atoms with E-state index in [0.29, 0.717) is 13.1 Å². The number of morpholine rings is 1. The molecule has 25 heavy (non-hydrogen) atoms. The lowest BCUT2D eigenvalue weighted by atomic mass is 9.95. The highest BCUT2D eigenvalue weighted by molar-refractivity contribution is 5.92. The van der Waals surface area contributed by atoms with Crippen molar-refractivity contribution in [2.75, 3.05) is 57.8 Å². The van der Waals surface area contributed by atoms with Gasteiger partial charge in [0.05, 0.1) is 19.3 Å². The first-order valence-corrected chi connectivity index (χ1v) is 9.27. The van der Waals surface area contributed by atoms with E-state index in [2.05, 4.69) is 15.1 Å². The smallest absolute Gasteiger partial charge is 0.227 e. The van der Waals surface area contributed by atoms with Gasteiger partial charge in [-0.15, -0.1) is 0 Å². The van der Waals surface area contributed by atoms with Crippen molar-refractivity contribution < 1.29 is 14.6 Å². The summed E-state index contributed by atoms with van der Waals surface area (Å²) in [6.07, 6.45) is 1.36. The van der Waals surface area contributed by atoms with E-state index >= 15 is 0 Å². The Morgan fingerprint density at radius 3 is 2.32 bits per heavy atom. The highest BCUT2D eigenvalue weighted by Crippen LogP contribution is 2.19. The third-order valence-electron chi connectivity index (χ3n) is 5.04. The number of aliphatic hydroxyl groups is 1. The molecule has 0 saturated carbocycles. The Kier molecular flexibility index (Phi) is 6.81. The Hall–Kier alpha value is -1.47. The molecule has 2 aliphatic rings. The summed E-state index contributed by atoms with van der Waals surface area (Å²) in [4.78, 5) is 16.9. The molecule has 2 aliphatic heterocycles. The molecule has 2 fully saturated rings.